The first-order valence-corrected chi connectivity index (χ1v) is 5.58. The topological polar surface area (TPSA) is 35.0 Å². The van der Waals surface area contributed by atoms with Crippen LogP contribution in [0.25, 0.3) is 0 Å². The minimum Gasteiger partial charge on any atom is -0.424 e. The molecule has 0 aliphatic heterocycles. The summed E-state index contributed by atoms with van der Waals surface area (Å²) in [7, 11) is 0. The first-order valence-electron chi connectivity index (χ1n) is 5.20. The fourth-order valence-corrected chi connectivity index (χ4v) is 1.49. The molecule has 0 bridgehead atoms. The van der Waals surface area contributed by atoms with E-state index in [1.165, 1.54) is 6.07 Å². The van der Waals surface area contributed by atoms with Gasteiger partial charge in [-0.15, -0.1) is 0 Å². The van der Waals surface area contributed by atoms with Gasteiger partial charge >= 0.3 is 12.2 Å². The summed E-state index contributed by atoms with van der Waals surface area (Å²) < 4.78 is 42.7. The van der Waals surface area contributed by atoms with E-state index in [9.17, 15) is 13.2 Å². The quantitative estimate of drug-likeness (QED) is 0.828. The largest absolute Gasteiger partial charge is 0.433 e. The van der Waals surface area contributed by atoms with Crippen LogP contribution in [0.4, 0.5) is 13.2 Å². The maximum absolute atomic E-state index is 12.5. The molecule has 0 saturated heterocycles. The molecule has 1 aromatic carbocycles. The molecule has 100 valence electrons. The lowest BCUT2D eigenvalue weighted by Crippen LogP contribution is -2.09. The molecule has 0 fully saturated rings. The molecule has 0 atom stereocenters. The SMILES string of the molecule is Cc1ccc(Cl)cc1Oc1nccc(C(F)(F)F)n1. The molecule has 1 aromatic heterocycles. The van der Waals surface area contributed by atoms with Gasteiger partial charge in [0.1, 0.15) is 5.75 Å². The smallest absolute Gasteiger partial charge is 0.424 e. The Balaban J connectivity index is 2.31. The summed E-state index contributed by atoms with van der Waals surface area (Å²) in [4.78, 5) is 6.95. The van der Waals surface area contributed by atoms with Crippen LogP contribution in [0.3, 0.4) is 0 Å². The van der Waals surface area contributed by atoms with Crippen LogP contribution in [0.15, 0.2) is 30.5 Å². The number of alkyl halides is 3. The number of aromatic nitrogens is 2. The third-order valence-corrected chi connectivity index (χ3v) is 2.51. The molecular weight excluding hydrogens is 281 g/mol. The van der Waals surface area contributed by atoms with Crippen molar-refractivity contribution in [2.45, 2.75) is 13.1 Å². The fourth-order valence-electron chi connectivity index (χ4n) is 1.33. The van der Waals surface area contributed by atoms with Gasteiger partial charge in [-0.2, -0.15) is 18.2 Å². The molecule has 2 rings (SSSR count). The molecule has 7 heteroatoms. The lowest BCUT2D eigenvalue weighted by atomic mass is 10.2. The second-order valence-corrected chi connectivity index (χ2v) is 4.17. The zero-order valence-electron chi connectivity index (χ0n) is 9.70. The Bertz CT molecular complexity index is 602. The molecule has 0 amide bonds. The maximum atomic E-state index is 12.5. The minimum absolute atomic E-state index is 0.312. The number of nitrogens with zero attached hydrogens (tertiary/aromatic N) is 2. The molecule has 2 aromatic rings. The van der Waals surface area contributed by atoms with Gasteiger partial charge in [0.25, 0.3) is 0 Å². The molecule has 0 aliphatic carbocycles. The highest BCUT2D eigenvalue weighted by atomic mass is 35.5. The van der Waals surface area contributed by atoms with Crippen molar-refractivity contribution >= 4 is 11.6 Å². The van der Waals surface area contributed by atoms with Crippen LogP contribution in [-0.2, 0) is 6.18 Å². The first kappa shape index (κ1) is 13.6. The van der Waals surface area contributed by atoms with Gasteiger partial charge in [-0.3, -0.25) is 0 Å². The van der Waals surface area contributed by atoms with Crippen LogP contribution >= 0.6 is 11.6 Å². The van der Waals surface area contributed by atoms with Gasteiger partial charge in [0.2, 0.25) is 0 Å². The van der Waals surface area contributed by atoms with E-state index in [1.54, 1.807) is 19.1 Å². The summed E-state index contributed by atoms with van der Waals surface area (Å²) in [5.41, 5.74) is -0.345. The van der Waals surface area contributed by atoms with Crippen molar-refractivity contribution in [1.29, 1.82) is 0 Å². The third-order valence-electron chi connectivity index (χ3n) is 2.28. The zero-order chi connectivity index (χ0) is 14.0. The summed E-state index contributed by atoms with van der Waals surface area (Å²) in [6, 6.07) is 5.22. The highest BCUT2D eigenvalue weighted by molar-refractivity contribution is 6.30. The summed E-state index contributed by atoms with van der Waals surface area (Å²) in [5.74, 6) is 0.312. The number of benzene rings is 1. The van der Waals surface area contributed by atoms with Crippen LogP contribution < -0.4 is 4.74 Å². The average molecular weight is 289 g/mol. The Morgan fingerprint density at radius 2 is 1.95 bits per heavy atom. The van der Waals surface area contributed by atoms with Crippen molar-refractivity contribution in [3.05, 3.63) is 46.7 Å². The second kappa shape index (κ2) is 5.05. The van der Waals surface area contributed by atoms with Gasteiger partial charge in [-0.1, -0.05) is 17.7 Å². The zero-order valence-corrected chi connectivity index (χ0v) is 10.5. The lowest BCUT2D eigenvalue weighted by molar-refractivity contribution is -0.141. The fraction of sp³-hybridized carbons (Fsp3) is 0.167. The molecule has 0 aliphatic rings. The predicted octanol–water partition coefficient (Wildman–Crippen LogP) is 4.25. The van der Waals surface area contributed by atoms with Crippen molar-refractivity contribution in [2.75, 3.05) is 0 Å². The average Bonchev–Trinajstić information content (AvgIpc) is 2.33. The van der Waals surface area contributed by atoms with E-state index >= 15 is 0 Å². The lowest BCUT2D eigenvalue weighted by Gasteiger charge is -2.09. The Kier molecular flexibility index (Phi) is 3.61. The van der Waals surface area contributed by atoms with Crippen LogP contribution in [0.5, 0.6) is 11.8 Å². The van der Waals surface area contributed by atoms with E-state index in [0.717, 1.165) is 12.3 Å². The number of hydrogen-bond donors (Lipinski definition) is 0. The Hall–Kier alpha value is -1.82. The first-order chi connectivity index (χ1) is 8.86. The summed E-state index contributed by atoms with van der Waals surface area (Å²) in [6.45, 7) is 1.74. The molecule has 0 spiro atoms. The molecule has 0 unspecified atom stereocenters. The molecule has 3 nitrogen and oxygen atoms in total. The number of ether oxygens (including phenoxy) is 1. The molecule has 0 saturated carbocycles. The Morgan fingerprint density at radius 1 is 1.21 bits per heavy atom. The maximum Gasteiger partial charge on any atom is 0.433 e. The number of rotatable bonds is 2. The van der Waals surface area contributed by atoms with E-state index in [2.05, 4.69) is 9.97 Å². The van der Waals surface area contributed by atoms with Gasteiger partial charge in [-0.05, 0) is 30.7 Å². The van der Waals surface area contributed by atoms with E-state index < -0.39 is 11.9 Å². The van der Waals surface area contributed by atoms with Gasteiger partial charge in [-0.25, -0.2) is 4.98 Å². The van der Waals surface area contributed by atoms with E-state index in [4.69, 9.17) is 16.3 Å². The standard InChI is InChI=1S/C12H8ClF3N2O/c1-7-2-3-8(13)6-9(7)19-11-17-5-4-10(18-11)12(14,15)16/h2-6H,1H3. The highest BCUT2D eigenvalue weighted by Gasteiger charge is 2.33. The van der Waals surface area contributed by atoms with Gasteiger partial charge in [0, 0.05) is 11.2 Å². The molecule has 0 radical (unpaired) electrons. The highest BCUT2D eigenvalue weighted by Crippen LogP contribution is 2.30. The van der Waals surface area contributed by atoms with E-state index in [-0.39, 0.29) is 6.01 Å². The number of hydrogen-bond acceptors (Lipinski definition) is 3. The van der Waals surface area contributed by atoms with Crippen molar-refractivity contribution in [2.24, 2.45) is 0 Å². The second-order valence-electron chi connectivity index (χ2n) is 3.73. The molecule has 1 heterocycles. The predicted molar refractivity (Wildman–Crippen MR) is 63.3 cm³/mol. The number of aryl methyl sites for hydroxylation is 1. The normalized spacial score (nSPS) is 11.4. The van der Waals surface area contributed by atoms with Gasteiger partial charge < -0.3 is 4.74 Å². The summed E-state index contributed by atoms with van der Waals surface area (Å²) >= 11 is 5.79. The van der Waals surface area contributed by atoms with E-state index in [1.807, 2.05) is 0 Å². The van der Waals surface area contributed by atoms with Gasteiger partial charge in [0.15, 0.2) is 5.69 Å². The monoisotopic (exact) mass is 288 g/mol. The Morgan fingerprint density at radius 3 is 2.63 bits per heavy atom. The van der Waals surface area contributed by atoms with Crippen molar-refractivity contribution in [1.82, 2.24) is 9.97 Å². The van der Waals surface area contributed by atoms with Crippen LogP contribution in [0, 0.1) is 6.92 Å². The van der Waals surface area contributed by atoms with Gasteiger partial charge in [0.05, 0.1) is 0 Å². The van der Waals surface area contributed by atoms with Crippen molar-refractivity contribution in [3.63, 3.8) is 0 Å². The number of halogens is 4. The van der Waals surface area contributed by atoms with Crippen LogP contribution in [-0.4, -0.2) is 9.97 Å². The van der Waals surface area contributed by atoms with Crippen molar-refractivity contribution in [3.8, 4) is 11.8 Å². The molecule has 19 heavy (non-hydrogen) atoms. The summed E-state index contributed by atoms with van der Waals surface area (Å²) in [6.07, 6.45) is -3.55. The molecular formula is C12H8ClF3N2O. The third kappa shape index (κ3) is 3.35. The van der Waals surface area contributed by atoms with E-state index in [0.29, 0.717) is 16.3 Å². The van der Waals surface area contributed by atoms with Crippen molar-refractivity contribution < 1.29 is 17.9 Å². The minimum atomic E-state index is -4.54. The Labute approximate surface area is 112 Å². The van der Waals surface area contributed by atoms with Crippen LogP contribution in [0.1, 0.15) is 11.3 Å². The van der Waals surface area contributed by atoms with Crippen LogP contribution in [0.2, 0.25) is 5.02 Å². The summed E-state index contributed by atoms with van der Waals surface area (Å²) in [5, 5.41) is 0.410. The molecule has 0 N–H and O–H groups in total.